The number of rotatable bonds is 10. The van der Waals surface area contributed by atoms with Crippen molar-refractivity contribution >= 4 is 27.5 Å². The molecule has 1 N–H and O–H groups in total. The van der Waals surface area contributed by atoms with Crippen LogP contribution in [0.3, 0.4) is 0 Å². The molecule has 0 saturated heterocycles. The summed E-state index contributed by atoms with van der Waals surface area (Å²) in [5.74, 6) is -1.11. The molecule has 1 saturated carbocycles. The lowest BCUT2D eigenvalue weighted by Gasteiger charge is -2.33. The third-order valence-electron chi connectivity index (χ3n) is 7.66. The molecular formula is C32H36F3N3O4S. The largest absolute Gasteiger partial charge is 0.416 e. The minimum absolute atomic E-state index is 0.0000627. The zero-order valence-electron chi connectivity index (χ0n) is 24.2. The highest BCUT2D eigenvalue weighted by molar-refractivity contribution is 7.92. The van der Waals surface area contributed by atoms with Gasteiger partial charge in [-0.15, -0.1) is 0 Å². The third-order valence-corrected chi connectivity index (χ3v) is 9.45. The Hall–Kier alpha value is -3.86. The van der Waals surface area contributed by atoms with Gasteiger partial charge in [-0.2, -0.15) is 13.2 Å². The second-order valence-corrected chi connectivity index (χ2v) is 12.8. The Morgan fingerprint density at radius 1 is 0.930 bits per heavy atom. The molecule has 1 fully saturated rings. The van der Waals surface area contributed by atoms with Crippen molar-refractivity contribution < 1.29 is 31.2 Å². The van der Waals surface area contributed by atoms with Crippen molar-refractivity contribution in [3.63, 3.8) is 0 Å². The highest BCUT2D eigenvalue weighted by atomic mass is 32.2. The minimum atomic E-state index is -4.73. The Morgan fingerprint density at radius 2 is 1.58 bits per heavy atom. The highest BCUT2D eigenvalue weighted by Crippen LogP contribution is 2.33. The maximum absolute atomic E-state index is 14.0. The summed E-state index contributed by atoms with van der Waals surface area (Å²) in [6.45, 7) is 2.53. The molecule has 43 heavy (non-hydrogen) atoms. The Morgan fingerprint density at radius 3 is 2.21 bits per heavy atom. The molecule has 0 unspecified atom stereocenters. The first-order valence-corrected chi connectivity index (χ1v) is 15.7. The van der Waals surface area contributed by atoms with Crippen LogP contribution in [0.25, 0.3) is 0 Å². The number of hydrogen-bond donors (Lipinski definition) is 1. The highest BCUT2D eigenvalue weighted by Gasteiger charge is 2.35. The van der Waals surface area contributed by atoms with Gasteiger partial charge < -0.3 is 10.2 Å². The van der Waals surface area contributed by atoms with Crippen molar-refractivity contribution in [3.8, 4) is 0 Å². The predicted octanol–water partition coefficient (Wildman–Crippen LogP) is 6.08. The van der Waals surface area contributed by atoms with E-state index in [2.05, 4.69) is 5.32 Å². The van der Waals surface area contributed by atoms with Crippen LogP contribution in [0.15, 0.2) is 83.8 Å². The lowest BCUT2D eigenvalue weighted by molar-refractivity contribution is -0.139. The Balaban J connectivity index is 1.71. The van der Waals surface area contributed by atoms with E-state index < -0.39 is 40.3 Å². The monoisotopic (exact) mass is 615 g/mol. The summed E-state index contributed by atoms with van der Waals surface area (Å²) in [5, 5.41) is 3.02. The summed E-state index contributed by atoms with van der Waals surface area (Å²) < 4.78 is 69.3. The van der Waals surface area contributed by atoms with Crippen molar-refractivity contribution in [1.82, 2.24) is 10.2 Å². The predicted molar refractivity (Wildman–Crippen MR) is 159 cm³/mol. The number of hydrogen-bond acceptors (Lipinski definition) is 4. The maximum atomic E-state index is 14.0. The molecule has 1 aliphatic carbocycles. The Labute approximate surface area is 250 Å². The van der Waals surface area contributed by atoms with Gasteiger partial charge in [0, 0.05) is 12.6 Å². The fourth-order valence-corrected chi connectivity index (χ4v) is 6.54. The van der Waals surface area contributed by atoms with Crippen LogP contribution in [0, 0.1) is 6.92 Å². The SMILES string of the molecule is Cc1ccc(S(=O)(=O)N(CC(=O)N(Cc2ccccc2)[C@@H](C)C(=O)NC2CCCCC2)c2cccc(C(F)(F)F)c2)cc1. The van der Waals surface area contributed by atoms with Gasteiger partial charge in [-0.25, -0.2) is 8.42 Å². The molecule has 11 heteroatoms. The first-order chi connectivity index (χ1) is 20.4. The topological polar surface area (TPSA) is 86.8 Å². The van der Waals surface area contributed by atoms with Crippen LogP contribution in [-0.2, 0) is 32.3 Å². The quantitative estimate of drug-likeness (QED) is 0.300. The van der Waals surface area contributed by atoms with Crippen LogP contribution < -0.4 is 9.62 Å². The minimum Gasteiger partial charge on any atom is -0.352 e. The molecule has 7 nitrogen and oxygen atoms in total. The lowest BCUT2D eigenvalue weighted by atomic mass is 9.95. The van der Waals surface area contributed by atoms with Crippen LogP contribution in [0.1, 0.15) is 55.7 Å². The molecule has 2 amide bonds. The molecule has 1 aliphatic rings. The molecule has 0 aromatic heterocycles. The van der Waals surface area contributed by atoms with E-state index in [0.717, 1.165) is 49.8 Å². The maximum Gasteiger partial charge on any atom is 0.416 e. The summed E-state index contributed by atoms with van der Waals surface area (Å²) >= 11 is 0. The van der Waals surface area contributed by atoms with E-state index in [1.54, 1.807) is 56.3 Å². The zero-order chi connectivity index (χ0) is 31.2. The van der Waals surface area contributed by atoms with E-state index in [-0.39, 0.29) is 29.1 Å². The zero-order valence-corrected chi connectivity index (χ0v) is 25.0. The van der Waals surface area contributed by atoms with Crippen LogP contribution in [0.5, 0.6) is 0 Å². The van der Waals surface area contributed by atoms with Gasteiger partial charge in [0.05, 0.1) is 16.1 Å². The third kappa shape index (κ3) is 8.16. The number of amides is 2. The van der Waals surface area contributed by atoms with Gasteiger partial charge in [0.25, 0.3) is 10.0 Å². The molecule has 4 rings (SSSR count). The van der Waals surface area contributed by atoms with E-state index in [0.29, 0.717) is 15.9 Å². The molecule has 3 aromatic rings. The van der Waals surface area contributed by atoms with Gasteiger partial charge in [-0.3, -0.25) is 13.9 Å². The second kappa shape index (κ2) is 13.6. The number of carbonyl (C=O) groups excluding carboxylic acids is 2. The number of carbonyl (C=O) groups is 2. The number of nitrogens with zero attached hydrogens (tertiary/aromatic N) is 2. The molecule has 0 radical (unpaired) electrons. The fourth-order valence-electron chi connectivity index (χ4n) is 5.14. The van der Waals surface area contributed by atoms with Gasteiger partial charge in [0.15, 0.2) is 0 Å². The number of aryl methyl sites for hydroxylation is 1. The molecule has 1 atom stereocenters. The van der Waals surface area contributed by atoms with Gasteiger partial charge >= 0.3 is 6.18 Å². The number of nitrogens with one attached hydrogen (secondary N) is 1. The molecule has 0 heterocycles. The lowest BCUT2D eigenvalue weighted by Crippen LogP contribution is -2.53. The van der Waals surface area contributed by atoms with Crippen molar-refractivity contribution in [2.75, 3.05) is 10.8 Å². The standard InChI is InChI=1S/C32H36F3N3O4S/c1-23-16-18-29(19-17-23)43(41,42)38(28-15-9-12-26(20-28)32(33,34)35)22-30(39)37(21-25-10-5-3-6-11-25)24(2)31(40)36-27-13-7-4-8-14-27/h3,5-6,9-12,15-20,24,27H,4,7-8,13-14,21-22H2,1-2H3,(H,36,40)/t24-/m0/s1. The van der Waals surface area contributed by atoms with Gasteiger partial charge in [0.2, 0.25) is 11.8 Å². The summed E-state index contributed by atoms with van der Waals surface area (Å²) in [7, 11) is -4.49. The van der Waals surface area contributed by atoms with Crippen molar-refractivity contribution in [3.05, 3.63) is 95.6 Å². The van der Waals surface area contributed by atoms with Crippen molar-refractivity contribution in [1.29, 1.82) is 0 Å². The molecule has 230 valence electrons. The smallest absolute Gasteiger partial charge is 0.352 e. The molecule has 0 aliphatic heterocycles. The first kappa shape index (κ1) is 32.1. The van der Waals surface area contributed by atoms with Crippen molar-refractivity contribution in [2.45, 2.75) is 75.7 Å². The molecule has 3 aromatic carbocycles. The van der Waals surface area contributed by atoms with E-state index in [9.17, 15) is 31.2 Å². The van der Waals surface area contributed by atoms with E-state index in [1.807, 2.05) is 0 Å². The van der Waals surface area contributed by atoms with Crippen LogP contribution >= 0.6 is 0 Å². The van der Waals surface area contributed by atoms with E-state index in [4.69, 9.17) is 0 Å². The van der Waals surface area contributed by atoms with Gasteiger partial charge in [-0.05, 0) is 62.6 Å². The average molecular weight is 616 g/mol. The fraction of sp³-hybridized carbons (Fsp3) is 0.375. The summed E-state index contributed by atoms with van der Waals surface area (Å²) in [6.07, 6.45) is 0.0295. The molecule has 0 bridgehead atoms. The Kier molecular flexibility index (Phi) is 10.2. The van der Waals surface area contributed by atoms with Crippen molar-refractivity contribution in [2.24, 2.45) is 0 Å². The molecular weight excluding hydrogens is 579 g/mol. The van der Waals surface area contributed by atoms with Crippen LogP contribution in [0.4, 0.5) is 18.9 Å². The number of anilines is 1. The van der Waals surface area contributed by atoms with Crippen LogP contribution in [-0.4, -0.2) is 43.8 Å². The number of alkyl halides is 3. The van der Waals surface area contributed by atoms with Gasteiger partial charge in [0.1, 0.15) is 12.6 Å². The van der Waals surface area contributed by atoms with E-state index in [1.165, 1.54) is 23.1 Å². The normalized spacial score (nSPS) is 15.0. The summed E-state index contributed by atoms with van der Waals surface area (Å²) in [4.78, 5) is 28.4. The number of halogens is 3. The second-order valence-electron chi connectivity index (χ2n) is 10.9. The first-order valence-electron chi connectivity index (χ1n) is 14.3. The number of benzene rings is 3. The summed E-state index contributed by atoms with van der Waals surface area (Å²) in [5.41, 5.74) is 0.123. The van der Waals surface area contributed by atoms with Crippen LogP contribution in [0.2, 0.25) is 0 Å². The van der Waals surface area contributed by atoms with E-state index >= 15 is 0 Å². The summed E-state index contributed by atoms with van der Waals surface area (Å²) in [6, 6.07) is 17.6. The average Bonchev–Trinajstić information content (AvgIpc) is 2.99. The Bertz CT molecular complexity index is 1510. The van der Waals surface area contributed by atoms with Gasteiger partial charge in [-0.1, -0.05) is 73.4 Å². The number of sulfonamides is 1. The molecule has 0 spiro atoms.